The average Bonchev–Trinajstić information content (AvgIpc) is 2.95. The molecule has 254 valence electrons. The van der Waals surface area contributed by atoms with Gasteiger partial charge in [0.25, 0.3) is 0 Å². The van der Waals surface area contributed by atoms with E-state index in [1.165, 1.54) is 6.42 Å². The van der Waals surface area contributed by atoms with Crippen LogP contribution in [0.15, 0.2) is 48.6 Å². The number of esters is 2. The van der Waals surface area contributed by atoms with E-state index in [9.17, 15) is 19.0 Å². The van der Waals surface area contributed by atoms with Gasteiger partial charge >= 0.3 is 19.8 Å². The molecule has 44 heavy (non-hydrogen) atoms. The first-order valence-electron chi connectivity index (χ1n) is 16.4. The molecule has 2 unspecified atom stereocenters. The fourth-order valence-corrected chi connectivity index (χ4v) is 4.53. The molecular weight excluding hydrogens is 581 g/mol. The predicted molar refractivity (Wildman–Crippen MR) is 178 cm³/mol. The Balaban J connectivity index is 4.59. The lowest BCUT2D eigenvalue weighted by Gasteiger charge is -2.24. The second-order valence-corrected chi connectivity index (χ2v) is 13.3. The molecule has 9 nitrogen and oxygen atoms in total. The van der Waals surface area contributed by atoms with Crippen LogP contribution in [0.25, 0.3) is 0 Å². The standard InChI is InChI=1S/C34H60NO8P/c1-6-8-10-12-14-15-16-17-18-19-21-23-25-27-34(37)43-32(31-42-44(38,39)41-29-28-35(3,4)5)30-40-33(36)26-24-22-20-13-11-9-7-2/h8,10,12,14-16,20,22,32H,6-7,9,11,13,17-19,21,23-31H2,1-5H3/p+1/b10-8+,14-12+,16-15+,22-20+. The summed E-state index contributed by atoms with van der Waals surface area (Å²) in [6.07, 6.45) is 27.7. The second kappa shape index (κ2) is 27.3. The Morgan fingerprint density at radius 2 is 1.36 bits per heavy atom. The maximum Gasteiger partial charge on any atom is 0.472 e. The maximum atomic E-state index is 12.5. The van der Waals surface area contributed by atoms with E-state index in [1.807, 2.05) is 45.4 Å². The Morgan fingerprint density at radius 3 is 2.07 bits per heavy atom. The zero-order chi connectivity index (χ0) is 32.9. The van der Waals surface area contributed by atoms with E-state index in [4.69, 9.17) is 18.5 Å². The van der Waals surface area contributed by atoms with Crippen molar-refractivity contribution in [2.24, 2.45) is 0 Å². The number of nitrogens with zero attached hydrogens (tertiary/aromatic N) is 1. The van der Waals surface area contributed by atoms with Crippen LogP contribution in [-0.4, -0.2) is 74.9 Å². The largest absolute Gasteiger partial charge is 0.472 e. The number of carbonyl (C=O) groups excluding carboxylic acids is 2. The highest BCUT2D eigenvalue weighted by Crippen LogP contribution is 2.43. The molecule has 0 bridgehead atoms. The molecule has 2 atom stereocenters. The molecule has 0 rings (SSSR count). The molecule has 1 N–H and O–H groups in total. The van der Waals surface area contributed by atoms with Crippen molar-refractivity contribution in [3.8, 4) is 0 Å². The normalized spacial score (nSPS) is 14.6. The SMILES string of the molecule is CC/C=C/C=C/C=C/CCCCCCCC(=O)OC(COC(=O)CC/C=C/CCCCC)COP(=O)(O)OCC[N+](C)(C)C. The number of ether oxygens (including phenoxy) is 2. The van der Waals surface area contributed by atoms with Gasteiger partial charge < -0.3 is 18.9 Å². The van der Waals surface area contributed by atoms with Crippen molar-refractivity contribution in [2.75, 3.05) is 47.5 Å². The van der Waals surface area contributed by atoms with Crippen LogP contribution in [0.2, 0.25) is 0 Å². The van der Waals surface area contributed by atoms with Crippen LogP contribution in [0.5, 0.6) is 0 Å². The number of likely N-dealkylation sites (N-methyl/N-ethyl adjacent to an activating group) is 1. The molecule has 0 saturated heterocycles. The number of hydrogen-bond donors (Lipinski definition) is 1. The number of phosphoric acid groups is 1. The molecule has 0 aliphatic heterocycles. The van der Waals surface area contributed by atoms with Crippen LogP contribution in [0.3, 0.4) is 0 Å². The van der Waals surface area contributed by atoms with Gasteiger partial charge in [-0.15, -0.1) is 0 Å². The summed E-state index contributed by atoms with van der Waals surface area (Å²) in [6, 6.07) is 0. The second-order valence-electron chi connectivity index (χ2n) is 11.9. The van der Waals surface area contributed by atoms with Gasteiger partial charge in [0, 0.05) is 12.8 Å². The van der Waals surface area contributed by atoms with Crippen molar-refractivity contribution < 1.29 is 42.1 Å². The smallest absolute Gasteiger partial charge is 0.462 e. The Morgan fingerprint density at radius 1 is 0.727 bits per heavy atom. The molecule has 0 heterocycles. The maximum absolute atomic E-state index is 12.5. The minimum atomic E-state index is -4.37. The first-order valence-corrected chi connectivity index (χ1v) is 17.9. The van der Waals surface area contributed by atoms with Crippen molar-refractivity contribution in [3.63, 3.8) is 0 Å². The van der Waals surface area contributed by atoms with Crippen LogP contribution in [0.4, 0.5) is 0 Å². The topological polar surface area (TPSA) is 108 Å². The minimum absolute atomic E-state index is 0.0205. The highest BCUT2D eigenvalue weighted by atomic mass is 31.2. The molecule has 0 aromatic rings. The Kier molecular flexibility index (Phi) is 26.0. The fraction of sp³-hybridized carbons (Fsp3) is 0.706. The third-order valence-electron chi connectivity index (χ3n) is 6.42. The molecule has 0 saturated carbocycles. The summed E-state index contributed by atoms with van der Waals surface area (Å²) in [7, 11) is 1.43. The van der Waals surface area contributed by atoms with E-state index in [0.717, 1.165) is 57.8 Å². The molecule has 0 aliphatic carbocycles. The summed E-state index contributed by atoms with van der Waals surface area (Å²) in [5, 5.41) is 0. The molecule has 0 amide bonds. The summed E-state index contributed by atoms with van der Waals surface area (Å²) in [4.78, 5) is 34.8. The van der Waals surface area contributed by atoms with Gasteiger partial charge in [-0.25, -0.2) is 4.57 Å². The lowest BCUT2D eigenvalue weighted by Crippen LogP contribution is -2.37. The zero-order valence-corrected chi connectivity index (χ0v) is 29.0. The van der Waals surface area contributed by atoms with Crippen molar-refractivity contribution in [1.82, 2.24) is 0 Å². The summed E-state index contributed by atoms with van der Waals surface area (Å²) in [5.41, 5.74) is 0. The number of allylic oxidation sites excluding steroid dienone is 8. The highest BCUT2D eigenvalue weighted by Gasteiger charge is 2.27. The van der Waals surface area contributed by atoms with Gasteiger partial charge in [-0.1, -0.05) is 94.6 Å². The minimum Gasteiger partial charge on any atom is -0.462 e. The number of quaternary nitrogens is 1. The van der Waals surface area contributed by atoms with E-state index >= 15 is 0 Å². The zero-order valence-electron chi connectivity index (χ0n) is 28.1. The van der Waals surface area contributed by atoms with Crippen LogP contribution < -0.4 is 0 Å². The molecule has 0 radical (unpaired) electrons. The first kappa shape index (κ1) is 42.0. The van der Waals surface area contributed by atoms with Crippen molar-refractivity contribution in [1.29, 1.82) is 0 Å². The number of carbonyl (C=O) groups is 2. The highest BCUT2D eigenvalue weighted by molar-refractivity contribution is 7.47. The number of rotatable bonds is 28. The van der Waals surface area contributed by atoms with E-state index in [-0.39, 0.29) is 26.1 Å². The van der Waals surface area contributed by atoms with Crippen LogP contribution in [0.1, 0.15) is 104 Å². The molecule has 0 spiro atoms. The lowest BCUT2D eigenvalue weighted by molar-refractivity contribution is -0.870. The molecule has 10 heteroatoms. The van der Waals surface area contributed by atoms with Crippen LogP contribution in [0, 0.1) is 0 Å². The lowest BCUT2D eigenvalue weighted by atomic mass is 10.1. The molecule has 0 aromatic heterocycles. The van der Waals surface area contributed by atoms with E-state index in [0.29, 0.717) is 23.9 Å². The van der Waals surface area contributed by atoms with Gasteiger partial charge in [0.2, 0.25) is 0 Å². The van der Waals surface area contributed by atoms with Gasteiger partial charge in [-0.3, -0.25) is 18.6 Å². The molecule has 0 aromatic carbocycles. The number of hydrogen-bond acceptors (Lipinski definition) is 7. The van der Waals surface area contributed by atoms with Gasteiger partial charge in [-0.05, 0) is 44.9 Å². The molecule has 0 aliphatic rings. The number of unbranched alkanes of at least 4 members (excludes halogenated alkanes) is 8. The fourth-order valence-electron chi connectivity index (χ4n) is 3.79. The monoisotopic (exact) mass is 642 g/mol. The van der Waals surface area contributed by atoms with E-state index < -0.39 is 32.5 Å². The van der Waals surface area contributed by atoms with Crippen LogP contribution >= 0.6 is 7.82 Å². The molecule has 0 fully saturated rings. The van der Waals surface area contributed by atoms with E-state index in [1.54, 1.807) is 0 Å². The van der Waals surface area contributed by atoms with Gasteiger partial charge in [0.05, 0.1) is 27.7 Å². The van der Waals surface area contributed by atoms with Gasteiger partial charge in [0.15, 0.2) is 6.10 Å². The van der Waals surface area contributed by atoms with Crippen molar-refractivity contribution in [2.45, 2.75) is 110 Å². The summed E-state index contributed by atoms with van der Waals surface area (Å²) in [5.74, 6) is -0.898. The first-order chi connectivity index (χ1) is 21.0. The summed E-state index contributed by atoms with van der Waals surface area (Å²) >= 11 is 0. The van der Waals surface area contributed by atoms with Gasteiger partial charge in [-0.2, -0.15) is 0 Å². The van der Waals surface area contributed by atoms with Gasteiger partial charge in [0.1, 0.15) is 19.8 Å². The van der Waals surface area contributed by atoms with Crippen molar-refractivity contribution >= 4 is 19.8 Å². The quantitative estimate of drug-likeness (QED) is 0.0228. The van der Waals surface area contributed by atoms with Crippen molar-refractivity contribution in [3.05, 3.63) is 48.6 Å². The third-order valence-corrected chi connectivity index (χ3v) is 7.40. The molecular formula is C34H61NO8P+. The van der Waals surface area contributed by atoms with E-state index in [2.05, 4.69) is 38.2 Å². The third kappa shape index (κ3) is 30.0. The van der Waals surface area contributed by atoms with Crippen LogP contribution in [-0.2, 0) is 32.7 Å². The summed E-state index contributed by atoms with van der Waals surface area (Å²) in [6.45, 7) is 4.10. The number of phosphoric ester groups is 1. The Labute approximate surface area is 267 Å². The average molecular weight is 643 g/mol. The Bertz CT molecular complexity index is 907. The Hall–Kier alpha value is -2.03. The predicted octanol–water partition coefficient (Wildman–Crippen LogP) is 8.01. The summed E-state index contributed by atoms with van der Waals surface area (Å²) < 4.78 is 33.8.